The number of ether oxygens (including phenoxy) is 2. The Kier molecular flexibility index (Phi) is 4.72. The summed E-state index contributed by atoms with van der Waals surface area (Å²) in [6, 6.07) is 20.4. The van der Waals surface area contributed by atoms with Gasteiger partial charge in [-0.25, -0.2) is 0 Å². The predicted molar refractivity (Wildman–Crippen MR) is 111 cm³/mol. The lowest BCUT2D eigenvalue weighted by molar-refractivity contribution is 0.395. The van der Waals surface area contributed by atoms with Crippen LogP contribution in [0, 0.1) is 0 Å². The molecule has 1 N–H and O–H groups in total. The summed E-state index contributed by atoms with van der Waals surface area (Å²) in [5.41, 5.74) is 3.41. The summed E-state index contributed by atoms with van der Waals surface area (Å²) in [5.74, 6) is 1.36. The van der Waals surface area contributed by atoms with Gasteiger partial charge in [0.1, 0.15) is 23.3 Å². The highest BCUT2D eigenvalue weighted by molar-refractivity contribution is 5.85. The molecule has 5 heteroatoms. The van der Waals surface area contributed by atoms with Crippen molar-refractivity contribution in [2.24, 2.45) is 0 Å². The molecule has 1 aromatic heterocycles. The highest BCUT2D eigenvalue weighted by Gasteiger charge is 2.11. The summed E-state index contributed by atoms with van der Waals surface area (Å²) >= 11 is 0. The van der Waals surface area contributed by atoms with E-state index in [1.54, 1.807) is 32.4 Å². The maximum Gasteiger partial charge on any atom is 0.200 e. The first kappa shape index (κ1) is 17.7. The molecule has 140 valence electrons. The smallest absolute Gasteiger partial charge is 0.200 e. The highest BCUT2D eigenvalue weighted by Crippen LogP contribution is 2.32. The number of rotatable bonds is 5. The van der Waals surface area contributed by atoms with Crippen LogP contribution in [0.15, 0.2) is 82.2 Å². The molecule has 3 aromatic carbocycles. The third-order valence-corrected chi connectivity index (χ3v) is 4.55. The molecule has 28 heavy (non-hydrogen) atoms. The molecule has 0 bridgehead atoms. The minimum Gasteiger partial charge on any atom is -0.497 e. The molecule has 1 heterocycles. The molecule has 0 saturated carbocycles. The zero-order valence-electron chi connectivity index (χ0n) is 15.6. The largest absolute Gasteiger partial charge is 0.497 e. The van der Waals surface area contributed by atoms with E-state index in [2.05, 4.69) is 5.32 Å². The first-order chi connectivity index (χ1) is 13.7. The van der Waals surface area contributed by atoms with E-state index in [1.165, 1.54) is 6.26 Å². The number of fused-ring (bicyclic) bond motifs is 1. The Morgan fingerprint density at radius 2 is 1.71 bits per heavy atom. The SMILES string of the molecule is COc1ccc(Nc2ccc3c(=O)c(-c4ccccc4)coc3c2)c(OC)c1. The van der Waals surface area contributed by atoms with E-state index < -0.39 is 0 Å². The molecule has 0 aliphatic rings. The molecule has 0 aliphatic heterocycles. The van der Waals surface area contributed by atoms with Gasteiger partial charge in [0, 0.05) is 17.8 Å². The molecule has 0 amide bonds. The van der Waals surface area contributed by atoms with E-state index in [0.717, 1.165) is 16.9 Å². The second kappa shape index (κ2) is 7.48. The first-order valence-electron chi connectivity index (χ1n) is 8.79. The van der Waals surface area contributed by atoms with Gasteiger partial charge in [-0.1, -0.05) is 30.3 Å². The van der Waals surface area contributed by atoms with Gasteiger partial charge in [0.25, 0.3) is 0 Å². The van der Waals surface area contributed by atoms with Crippen LogP contribution in [-0.4, -0.2) is 14.2 Å². The topological polar surface area (TPSA) is 60.7 Å². The maximum absolute atomic E-state index is 12.9. The summed E-state index contributed by atoms with van der Waals surface area (Å²) < 4.78 is 16.4. The van der Waals surface area contributed by atoms with Gasteiger partial charge in [-0.3, -0.25) is 4.79 Å². The number of anilines is 2. The molecule has 5 nitrogen and oxygen atoms in total. The molecule has 0 unspecified atom stereocenters. The molecule has 0 fully saturated rings. The van der Waals surface area contributed by atoms with Crippen LogP contribution >= 0.6 is 0 Å². The van der Waals surface area contributed by atoms with Crippen molar-refractivity contribution in [2.45, 2.75) is 0 Å². The Balaban J connectivity index is 1.71. The van der Waals surface area contributed by atoms with E-state index in [4.69, 9.17) is 13.9 Å². The van der Waals surface area contributed by atoms with Crippen LogP contribution < -0.4 is 20.2 Å². The van der Waals surface area contributed by atoms with Crippen molar-refractivity contribution >= 4 is 22.3 Å². The molecule has 4 rings (SSSR count). The van der Waals surface area contributed by atoms with Crippen molar-refractivity contribution in [1.29, 1.82) is 0 Å². The van der Waals surface area contributed by atoms with Gasteiger partial charge < -0.3 is 19.2 Å². The molecular weight excluding hydrogens is 354 g/mol. The van der Waals surface area contributed by atoms with Crippen LogP contribution in [0.25, 0.3) is 22.1 Å². The Morgan fingerprint density at radius 3 is 2.46 bits per heavy atom. The van der Waals surface area contributed by atoms with Crippen molar-refractivity contribution < 1.29 is 13.9 Å². The standard InChI is InChI=1S/C23H19NO4/c1-26-17-9-11-20(22(13-17)27-2)24-16-8-10-18-21(12-16)28-14-19(23(18)25)15-6-4-3-5-7-15/h3-14,24H,1-2H3. The first-order valence-corrected chi connectivity index (χ1v) is 8.79. The van der Waals surface area contributed by atoms with Crippen LogP contribution in [0.5, 0.6) is 11.5 Å². The van der Waals surface area contributed by atoms with Gasteiger partial charge in [-0.05, 0) is 29.8 Å². The van der Waals surface area contributed by atoms with Gasteiger partial charge in [0.2, 0.25) is 0 Å². The van der Waals surface area contributed by atoms with Crippen molar-refractivity contribution in [3.05, 3.63) is 83.2 Å². The lowest BCUT2D eigenvalue weighted by Crippen LogP contribution is -2.05. The number of benzene rings is 3. The molecule has 0 aliphatic carbocycles. The van der Waals surface area contributed by atoms with E-state index in [1.807, 2.05) is 48.5 Å². The molecule has 0 radical (unpaired) electrons. The summed E-state index contributed by atoms with van der Waals surface area (Å²) in [7, 11) is 3.21. The van der Waals surface area contributed by atoms with Crippen LogP contribution in [0.3, 0.4) is 0 Å². The summed E-state index contributed by atoms with van der Waals surface area (Å²) in [5, 5.41) is 3.83. The quantitative estimate of drug-likeness (QED) is 0.520. The van der Waals surface area contributed by atoms with Gasteiger partial charge in [-0.15, -0.1) is 0 Å². The van der Waals surface area contributed by atoms with E-state index in [0.29, 0.717) is 28.0 Å². The van der Waals surface area contributed by atoms with Crippen molar-refractivity contribution in [3.63, 3.8) is 0 Å². The minimum absolute atomic E-state index is 0.0546. The Hall–Kier alpha value is -3.73. The lowest BCUT2D eigenvalue weighted by Gasteiger charge is -2.13. The van der Waals surface area contributed by atoms with Gasteiger partial charge in [-0.2, -0.15) is 0 Å². The van der Waals surface area contributed by atoms with Gasteiger partial charge in [0.15, 0.2) is 5.43 Å². The third-order valence-electron chi connectivity index (χ3n) is 4.55. The second-order valence-electron chi connectivity index (χ2n) is 6.25. The minimum atomic E-state index is -0.0546. The van der Waals surface area contributed by atoms with Crippen LogP contribution in [0.4, 0.5) is 11.4 Å². The van der Waals surface area contributed by atoms with E-state index >= 15 is 0 Å². The fourth-order valence-electron chi connectivity index (χ4n) is 3.08. The maximum atomic E-state index is 12.9. The summed E-state index contributed by atoms with van der Waals surface area (Å²) in [6.07, 6.45) is 1.51. The van der Waals surface area contributed by atoms with Crippen molar-refractivity contribution in [3.8, 4) is 22.6 Å². The van der Waals surface area contributed by atoms with Crippen LogP contribution in [0.2, 0.25) is 0 Å². The summed E-state index contributed by atoms with van der Waals surface area (Å²) in [6.45, 7) is 0. The normalized spacial score (nSPS) is 10.6. The van der Waals surface area contributed by atoms with Gasteiger partial charge >= 0.3 is 0 Å². The van der Waals surface area contributed by atoms with E-state index in [9.17, 15) is 4.79 Å². The molecule has 0 spiro atoms. The Morgan fingerprint density at radius 1 is 0.893 bits per heavy atom. The molecular formula is C23H19NO4. The highest BCUT2D eigenvalue weighted by atomic mass is 16.5. The number of methoxy groups -OCH3 is 2. The summed E-state index contributed by atoms with van der Waals surface area (Å²) in [4.78, 5) is 12.9. The molecule has 4 aromatic rings. The average Bonchev–Trinajstić information content (AvgIpc) is 2.75. The van der Waals surface area contributed by atoms with Crippen molar-refractivity contribution in [1.82, 2.24) is 0 Å². The van der Waals surface area contributed by atoms with Gasteiger partial charge in [0.05, 0.1) is 30.9 Å². The third kappa shape index (κ3) is 3.30. The number of hydrogen-bond acceptors (Lipinski definition) is 5. The number of hydrogen-bond donors (Lipinski definition) is 1. The second-order valence-corrected chi connectivity index (χ2v) is 6.25. The Labute approximate surface area is 162 Å². The number of nitrogens with one attached hydrogen (secondary N) is 1. The molecule has 0 atom stereocenters. The Bertz CT molecular complexity index is 1180. The van der Waals surface area contributed by atoms with Crippen LogP contribution in [-0.2, 0) is 0 Å². The predicted octanol–water partition coefficient (Wildman–Crippen LogP) is 5.22. The molecule has 0 saturated heterocycles. The van der Waals surface area contributed by atoms with E-state index in [-0.39, 0.29) is 5.43 Å². The fraction of sp³-hybridized carbons (Fsp3) is 0.0870. The fourth-order valence-corrected chi connectivity index (χ4v) is 3.08. The van der Waals surface area contributed by atoms with Crippen molar-refractivity contribution in [2.75, 3.05) is 19.5 Å². The zero-order chi connectivity index (χ0) is 19.5. The zero-order valence-corrected chi connectivity index (χ0v) is 15.6. The van der Waals surface area contributed by atoms with Crippen LogP contribution in [0.1, 0.15) is 0 Å². The lowest BCUT2D eigenvalue weighted by atomic mass is 10.1. The average molecular weight is 373 g/mol. The monoisotopic (exact) mass is 373 g/mol.